The molecule has 4 nitrogen and oxygen atoms in total. The summed E-state index contributed by atoms with van der Waals surface area (Å²) < 4.78 is 64.5. The highest BCUT2D eigenvalue weighted by molar-refractivity contribution is 7.89. The standard InChI is InChI=1S/C14H19F3N2O2S/c1-10-7-12(14(15,16)17)3-4-13(10)22(20,21)19-6-5-11(9-19)8-18-2/h3-4,7,11,18H,5-6,8-9H2,1-2H3. The van der Waals surface area contributed by atoms with Crippen LogP contribution in [0.3, 0.4) is 0 Å². The van der Waals surface area contributed by atoms with E-state index in [1.54, 1.807) is 7.05 Å². The van der Waals surface area contributed by atoms with Crippen LogP contribution < -0.4 is 5.32 Å². The van der Waals surface area contributed by atoms with Crippen molar-refractivity contribution in [2.75, 3.05) is 26.7 Å². The van der Waals surface area contributed by atoms with Gasteiger partial charge in [-0.05, 0) is 56.6 Å². The summed E-state index contributed by atoms with van der Waals surface area (Å²) in [6.07, 6.45) is -3.72. The van der Waals surface area contributed by atoms with Gasteiger partial charge in [0.15, 0.2) is 0 Å². The first kappa shape index (κ1) is 17.2. The first-order valence-electron chi connectivity index (χ1n) is 6.99. The minimum absolute atomic E-state index is 0.0504. The number of alkyl halides is 3. The highest BCUT2D eigenvalue weighted by atomic mass is 32.2. The second-order valence-electron chi connectivity index (χ2n) is 5.55. The highest BCUT2D eigenvalue weighted by Crippen LogP contribution is 2.33. The summed E-state index contributed by atoms with van der Waals surface area (Å²) in [5.41, 5.74) is -0.717. The molecule has 1 heterocycles. The van der Waals surface area contributed by atoms with Crippen LogP contribution in [0, 0.1) is 12.8 Å². The van der Waals surface area contributed by atoms with Gasteiger partial charge < -0.3 is 5.32 Å². The molecule has 2 rings (SSSR count). The van der Waals surface area contributed by atoms with Gasteiger partial charge in [0, 0.05) is 13.1 Å². The number of nitrogens with one attached hydrogen (secondary N) is 1. The molecule has 0 amide bonds. The molecule has 1 fully saturated rings. The largest absolute Gasteiger partial charge is 0.416 e. The number of halogens is 3. The van der Waals surface area contributed by atoms with E-state index in [0.717, 1.165) is 31.2 Å². The lowest BCUT2D eigenvalue weighted by molar-refractivity contribution is -0.137. The van der Waals surface area contributed by atoms with Gasteiger partial charge in [0.2, 0.25) is 10.0 Å². The molecular weight excluding hydrogens is 317 g/mol. The quantitative estimate of drug-likeness (QED) is 0.917. The predicted octanol–water partition coefficient (Wildman–Crippen LogP) is 2.24. The van der Waals surface area contributed by atoms with Gasteiger partial charge in [-0.3, -0.25) is 0 Å². The van der Waals surface area contributed by atoms with Gasteiger partial charge in [-0.1, -0.05) is 0 Å². The average Bonchev–Trinajstić information content (AvgIpc) is 2.87. The van der Waals surface area contributed by atoms with Crippen molar-refractivity contribution in [3.8, 4) is 0 Å². The number of hydrogen-bond acceptors (Lipinski definition) is 3. The Morgan fingerprint density at radius 1 is 1.36 bits per heavy atom. The van der Waals surface area contributed by atoms with Crippen LogP contribution in [0.15, 0.2) is 23.1 Å². The topological polar surface area (TPSA) is 49.4 Å². The maximum Gasteiger partial charge on any atom is 0.416 e. The maximum atomic E-state index is 12.7. The molecule has 1 aliphatic rings. The number of rotatable bonds is 4. The minimum atomic E-state index is -4.47. The molecule has 0 bridgehead atoms. The fourth-order valence-electron chi connectivity index (χ4n) is 2.72. The maximum absolute atomic E-state index is 12.7. The number of sulfonamides is 1. The molecule has 1 unspecified atom stereocenters. The van der Waals surface area contributed by atoms with E-state index >= 15 is 0 Å². The van der Waals surface area contributed by atoms with Crippen LogP contribution in [0.5, 0.6) is 0 Å². The summed E-state index contributed by atoms with van der Waals surface area (Å²) in [7, 11) is -1.94. The van der Waals surface area contributed by atoms with Crippen molar-refractivity contribution in [3.63, 3.8) is 0 Å². The summed E-state index contributed by atoms with van der Waals surface area (Å²) in [5.74, 6) is 0.231. The third kappa shape index (κ3) is 3.44. The molecule has 0 aromatic heterocycles. The number of benzene rings is 1. The van der Waals surface area contributed by atoms with E-state index in [1.807, 2.05) is 0 Å². The summed E-state index contributed by atoms with van der Waals surface area (Å²) in [5, 5.41) is 3.01. The monoisotopic (exact) mass is 336 g/mol. The molecule has 1 atom stereocenters. The number of hydrogen-bond donors (Lipinski definition) is 1. The van der Waals surface area contributed by atoms with Crippen LogP contribution in [0.4, 0.5) is 13.2 Å². The van der Waals surface area contributed by atoms with Crippen molar-refractivity contribution in [2.24, 2.45) is 5.92 Å². The van der Waals surface area contributed by atoms with Crippen LogP contribution in [0.2, 0.25) is 0 Å². The highest BCUT2D eigenvalue weighted by Gasteiger charge is 2.35. The summed E-state index contributed by atoms with van der Waals surface area (Å²) in [6.45, 7) is 2.90. The Morgan fingerprint density at radius 3 is 2.59 bits per heavy atom. The van der Waals surface area contributed by atoms with Crippen molar-refractivity contribution in [3.05, 3.63) is 29.3 Å². The van der Waals surface area contributed by atoms with E-state index in [9.17, 15) is 21.6 Å². The Morgan fingerprint density at radius 2 is 2.05 bits per heavy atom. The van der Waals surface area contributed by atoms with Gasteiger partial charge in [-0.2, -0.15) is 17.5 Å². The molecule has 124 valence electrons. The van der Waals surface area contributed by atoms with E-state index in [-0.39, 0.29) is 16.4 Å². The summed E-state index contributed by atoms with van der Waals surface area (Å²) >= 11 is 0. The molecule has 0 aliphatic carbocycles. The first-order valence-corrected chi connectivity index (χ1v) is 8.43. The van der Waals surface area contributed by atoms with Gasteiger partial charge >= 0.3 is 6.18 Å². The van der Waals surface area contributed by atoms with Crippen LogP contribution in [-0.2, 0) is 16.2 Å². The fourth-order valence-corrected chi connectivity index (χ4v) is 4.46. The van der Waals surface area contributed by atoms with Crippen LogP contribution >= 0.6 is 0 Å². The molecular formula is C14H19F3N2O2S. The van der Waals surface area contributed by atoms with E-state index in [0.29, 0.717) is 13.1 Å². The normalized spacial score (nSPS) is 20.5. The Labute approximate surface area is 128 Å². The number of aryl methyl sites for hydroxylation is 1. The van der Waals surface area contributed by atoms with Gasteiger partial charge in [-0.25, -0.2) is 8.42 Å². The zero-order valence-electron chi connectivity index (χ0n) is 12.4. The summed E-state index contributed by atoms with van der Waals surface area (Å²) in [4.78, 5) is -0.0504. The second-order valence-corrected chi connectivity index (χ2v) is 7.46. The van der Waals surface area contributed by atoms with Crippen molar-refractivity contribution in [1.82, 2.24) is 9.62 Å². The van der Waals surface area contributed by atoms with E-state index in [2.05, 4.69) is 5.32 Å². The zero-order valence-corrected chi connectivity index (χ0v) is 13.3. The summed E-state index contributed by atoms with van der Waals surface area (Å²) in [6, 6.07) is 2.76. The zero-order chi connectivity index (χ0) is 16.5. The first-order chi connectivity index (χ1) is 10.2. The lowest BCUT2D eigenvalue weighted by atomic mass is 10.1. The van der Waals surface area contributed by atoms with Crippen molar-refractivity contribution >= 4 is 10.0 Å². The molecule has 1 saturated heterocycles. The van der Waals surface area contributed by atoms with Crippen molar-refractivity contribution in [1.29, 1.82) is 0 Å². The van der Waals surface area contributed by atoms with Gasteiger partial charge in [-0.15, -0.1) is 0 Å². The van der Waals surface area contributed by atoms with Gasteiger partial charge in [0.05, 0.1) is 10.5 Å². The van der Waals surface area contributed by atoms with Crippen LogP contribution in [0.25, 0.3) is 0 Å². The SMILES string of the molecule is CNCC1CCN(S(=O)(=O)c2ccc(C(F)(F)F)cc2C)C1. The molecule has 1 aliphatic heterocycles. The Kier molecular flexibility index (Phi) is 4.84. The molecule has 1 N–H and O–H groups in total. The third-order valence-electron chi connectivity index (χ3n) is 3.86. The smallest absolute Gasteiger partial charge is 0.319 e. The molecule has 22 heavy (non-hydrogen) atoms. The molecule has 0 radical (unpaired) electrons. The average molecular weight is 336 g/mol. The van der Waals surface area contributed by atoms with E-state index in [4.69, 9.17) is 0 Å². The Balaban J connectivity index is 2.27. The van der Waals surface area contributed by atoms with Crippen LogP contribution in [0.1, 0.15) is 17.5 Å². The Bertz CT molecular complexity index is 644. The molecule has 1 aromatic carbocycles. The van der Waals surface area contributed by atoms with E-state index in [1.165, 1.54) is 11.2 Å². The molecule has 1 aromatic rings. The third-order valence-corrected chi connectivity index (χ3v) is 5.89. The van der Waals surface area contributed by atoms with Crippen molar-refractivity contribution in [2.45, 2.75) is 24.4 Å². The fraction of sp³-hybridized carbons (Fsp3) is 0.571. The van der Waals surface area contributed by atoms with Gasteiger partial charge in [0.25, 0.3) is 0 Å². The lowest BCUT2D eigenvalue weighted by Gasteiger charge is -2.19. The molecule has 0 spiro atoms. The predicted molar refractivity (Wildman–Crippen MR) is 77.0 cm³/mol. The lowest BCUT2D eigenvalue weighted by Crippen LogP contribution is -2.31. The van der Waals surface area contributed by atoms with Gasteiger partial charge in [0.1, 0.15) is 0 Å². The Hall–Kier alpha value is -1.12. The minimum Gasteiger partial charge on any atom is -0.319 e. The van der Waals surface area contributed by atoms with E-state index < -0.39 is 21.8 Å². The number of nitrogens with zero attached hydrogens (tertiary/aromatic N) is 1. The van der Waals surface area contributed by atoms with Crippen molar-refractivity contribution < 1.29 is 21.6 Å². The van der Waals surface area contributed by atoms with Crippen LogP contribution in [-0.4, -0.2) is 39.4 Å². The molecule has 8 heteroatoms. The molecule has 0 saturated carbocycles. The second kappa shape index (κ2) is 6.17.